The molecule has 1 fully saturated rings. The molecule has 0 N–H and O–H groups in total. The Kier molecular flexibility index (Phi) is 4.40. The first kappa shape index (κ1) is 19.0. The molecule has 1 aliphatic carbocycles. The number of benzene rings is 3. The Morgan fingerprint density at radius 3 is 2.52 bits per heavy atom. The molecular formula is C29H27NS. The fraction of sp³-hybridized carbons (Fsp3) is 0.276. The molecule has 0 radical (unpaired) electrons. The zero-order chi connectivity index (χ0) is 21.1. The highest BCUT2D eigenvalue weighted by Crippen LogP contribution is 2.43. The van der Waals surface area contributed by atoms with Gasteiger partial charge in [0, 0.05) is 25.9 Å². The van der Waals surface area contributed by atoms with Crippen LogP contribution in [0.4, 0.5) is 0 Å². The Balaban J connectivity index is 1.70. The maximum Gasteiger partial charge on any atom is 0.0719 e. The van der Waals surface area contributed by atoms with Crippen molar-refractivity contribution >= 4 is 43.1 Å². The van der Waals surface area contributed by atoms with E-state index in [1.807, 2.05) is 11.3 Å². The van der Waals surface area contributed by atoms with Gasteiger partial charge >= 0.3 is 0 Å². The molecule has 0 unspecified atom stereocenters. The second-order valence-electron chi connectivity index (χ2n) is 9.30. The highest BCUT2D eigenvalue weighted by atomic mass is 32.1. The largest absolute Gasteiger partial charge is 0.248 e. The van der Waals surface area contributed by atoms with Crippen molar-refractivity contribution in [3.05, 3.63) is 76.2 Å². The van der Waals surface area contributed by atoms with Gasteiger partial charge in [0.25, 0.3) is 0 Å². The third-order valence-corrected chi connectivity index (χ3v) is 8.09. The molecule has 1 nitrogen and oxygen atoms in total. The third-order valence-electron chi connectivity index (χ3n) is 7.00. The number of nitrogens with zero attached hydrogens (tertiary/aromatic N) is 1. The molecule has 0 bridgehead atoms. The molecule has 0 saturated heterocycles. The molecule has 6 rings (SSSR count). The zero-order valence-electron chi connectivity index (χ0n) is 18.5. The molecule has 0 atom stereocenters. The Labute approximate surface area is 187 Å². The summed E-state index contributed by atoms with van der Waals surface area (Å²) in [5.74, 6) is 0.658. The summed E-state index contributed by atoms with van der Waals surface area (Å²) in [6, 6.07) is 20.5. The highest BCUT2D eigenvalue weighted by Gasteiger charge is 2.23. The monoisotopic (exact) mass is 421 g/mol. The fourth-order valence-corrected chi connectivity index (χ4v) is 6.75. The van der Waals surface area contributed by atoms with Gasteiger partial charge in [-0.15, -0.1) is 11.3 Å². The van der Waals surface area contributed by atoms with E-state index in [1.165, 1.54) is 79.1 Å². The summed E-state index contributed by atoms with van der Waals surface area (Å²) in [6.07, 6.45) is 5.30. The van der Waals surface area contributed by atoms with Crippen molar-refractivity contribution in [2.75, 3.05) is 0 Å². The highest BCUT2D eigenvalue weighted by molar-refractivity contribution is 7.20. The smallest absolute Gasteiger partial charge is 0.0719 e. The van der Waals surface area contributed by atoms with E-state index in [9.17, 15) is 0 Å². The lowest BCUT2D eigenvalue weighted by Gasteiger charge is -2.18. The molecule has 0 aliphatic heterocycles. The summed E-state index contributed by atoms with van der Waals surface area (Å²) in [5.41, 5.74) is 7.74. The van der Waals surface area contributed by atoms with Crippen molar-refractivity contribution < 1.29 is 0 Å². The maximum atomic E-state index is 5.27. The van der Waals surface area contributed by atoms with E-state index in [0.29, 0.717) is 5.92 Å². The van der Waals surface area contributed by atoms with Crippen LogP contribution in [0.5, 0.6) is 0 Å². The minimum Gasteiger partial charge on any atom is -0.248 e. The van der Waals surface area contributed by atoms with Gasteiger partial charge in [-0.1, -0.05) is 43.2 Å². The average Bonchev–Trinajstić information content (AvgIpc) is 3.41. The van der Waals surface area contributed by atoms with E-state index in [4.69, 9.17) is 4.98 Å². The molecule has 31 heavy (non-hydrogen) atoms. The predicted octanol–water partition coefficient (Wildman–Crippen LogP) is 8.85. The summed E-state index contributed by atoms with van der Waals surface area (Å²) in [7, 11) is 0. The molecule has 0 amide bonds. The standard InChI is InChI=1S/C29H27NS/c1-17-12-18(2)28-23(20-8-4-5-9-20)16-26(30-27(28)13-17)24-15-21-10-6-7-11-22(21)29-25(24)14-19(3)31-29/h6-7,10-16,20H,4-5,8-9H2,1-3H3. The van der Waals surface area contributed by atoms with Crippen LogP contribution >= 0.6 is 11.3 Å². The minimum atomic E-state index is 0.658. The van der Waals surface area contributed by atoms with Gasteiger partial charge in [0.2, 0.25) is 0 Å². The van der Waals surface area contributed by atoms with E-state index < -0.39 is 0 Å². The normalized spacial score (nSPS) is 14.9. The molecule has 154 valence electrons. The lowest BCUT2D eigenvalue weighted by atomic mass is 9.89. The first-order valence-corrected chi connectivity index (χ1v) is 12.2. The number of hydrogen-bond donors (Lipinski definition) is 0. The van der Waals surface area contributed by atoms with Gasteiger partial charge in [0.1, 0.15) is 0 Å². The van der Waals surface area contributed by atoms with E-state index in [-0.39, 0.29) is 0 Å². The van der Waals surface area contributed by atoms with Gasteiger partial charge in [-0.25, -0.2) is 4.98 Å². The summed E-state index contributed by atoms with van der Waals surface area (Å²) in [6.45, 7) is 6.66. The van der Waals surface area contributed by atoms with Crippen molar-refractivity contribution in [2.45, 2.75) is 52.4 Å². The van der Waals surface area contributed by atoms with Gasteiger partial charge in [-0.2, -0.15) is 0 Å². The van der Waals surface area contributed by atoms with Crippen LogP contribution in [0.2, 0.25) is 0 Å². The summed E-state index contributed by atoms with van der Waals surface area (Å²) < 4.78 is 1.38. The number of aromatic nitrogens is 1. The molecular weight excluding hydrogens is 394 g/mol. The summed E-state index contributed by atoms with van der Waals surface area (Å²) in [4.78, 5) is 6.63. The number of fused-ring (bicyclic) bond motifs is 4. The van der Waals surface area contributed by atoms with E-state index in [0.717, 1.165) is 11.2 Å². The number of hydrogen-bond acceptors (Lipinski definition) is 2. The van der Waals surface area contributed by atoms with Gasteiger partial charge in [-0.3, -0.25) is 0 Å². The van der Waals surface area contributed by atoms with Crippen LogP contribution in [0.25, 0.3) is 43.0 Å². The van der Waals surface area contributed by atoms with Crippen LogP contribution in [0.15, 0.2) is 54.6 Å². The predicted molar refractivity (Wildman–Crippen MR) is 135 cm³/mol. The molecule has 2 heterocycles. The quantitative estimate of drug-likeness (QED) is 0.277. The topological polar surface area (TPSA) is 12.9 Å². The van der Waals surface area contributed by atoms with E-state index >= 15 is 0 Å². The first-order chi connectivity index (χ1) is 15.1. The Morgan fingerprint density at radius 2 is 1.68 bits per heavy atom. The molecule has 1 saturated carbocycles. The molecule has 0 spiro atoms. The molecule has 2 heteroatoms. The molecule has 5 aromatic rings. The van der Waals surface area contributed by atoms with Gasteiger partial charge in [0.05, 0.1) is 11.2 Å². The van der Waals surface area contributed by atoms with Crippen LogP contribution in [0.3, 0.4) is 0 Å². The van der Waals surface area contributed by atoms with Gasteiger partial charge in [0.15, 0.2) is 0 Å². The van der Waals surface area contributed by atoms with Crippen molar-refractivity contribution in [1.29, 1.82) is 0 Å². The van der Waals surface area contributed by atoms with Crippen LogP contribution in [0, 0.1) is 20.8 Å². The van der Waals surface area contributed by atoms with Crippen molar-refractivity contribution in [1.82, 2.24) is 4.98 Å². The zero-order valence-corrected chi connectivity index (χ0v) is 19.3. The Bertz CT molecular complexity index is 1470. The Morgan fingerprint density at radius 1 is 0.871 bits per heavy atom. The van der Waals surface area contributed by atoms with Crippen LogP contribution < -0.4 is 0 Å². The van der Waals surface area contributed by atoms with Crippen LogP contribution in [-0.2, 0) is 0 Å². The van der Waals surface area contributed by atoms with Crippen LogP contribution in [0.1, 0.15) is 53.2 Å². The second kappa shape index (κ2) is 7.17. The number of rotatable bonds is 2. The van der Waals surface area contributed by atoms with Crippen molar-refractivity contribution in [3.63, 3.8) is 0 Å². The first-order valence-electron chi connectivity index (χ1n) is 11.4. The van der Waals surface area contributed by atoms with Gasteiger partial charge in [-0.05, 0) is 91.3 Å². The second-order valence-corrected chi connectivity index (χ2v) is 10.6. The van der Waals surface area contributed by atoms with Crippen molar-refractivity contribution in [3.8, 4) is 11.3 Å². The maximum absolute atomic E-state index is 5.27. The molecule has 2 aromatic heterocycles. The van der Waals surface area contributed by atoms with Gasteiger partial charge < -0.3 is 0 Å². The third kappa shape index (κ3) is 3.08. The molecule has 3 aromatic carbocycles. The van der Waals surface area contributed by atoms with E-state index in [2.05, 4.69) is 75.4 Å². The summed E-state index contributed by atoms with van der Waals surface area (Å²) >= 11 is 1.90. The van der Waals surface area contributed by atoms with Crippen molar-refractivity contribution in [2.24, 2.45) is 0 Å². The van der Waals surface area contributed by atoms with E-state index in [1.54, 1.807) is 0 Å². The average molecular weight is 422 g/mol. The summed E-state index contributed by atoms with van der Waals surface area (Å²) in [5, 5.41) is 5.38. The number of pyridine rings is 1. The SMILES string of the molecule is Cc1cc(C)c2c(C3CCCC3)cc(-c3cc4ccccc4c4sc(C)cc34)nc2c1. The van der Waals surface area contributed by atoms with Crippen LogP contribution in [-0.4, -0.2) is 4.98 Å². The molecule has 1 aliphatic rings. The Hall–Kier alpha value is -2.71. The lowest BCUT2D eigenvalue weighted by Crippen LogP contribution is -2.00. The minimum absolute atomic E-state index is 0.658. The lowest BCUT2D eigenvalue weighted by molar-refractivity contribution is 0.728. The number of aryl methyl sites for hydroxylation is 3. The number of thiophene rings is 1. The fourth-order valence-electron chi connectivity index (χ4n) is 5.68.